The molecular formula is C17H20FNS. The van der Waals surface area contributed by atoms with Crippen LogP contribution in [0.5, 0.6) is 0 Å². The van der Waals surface area contributed by atoms with Gasteiger partial charge in [-0.1, -0.05) is 42.0 Å². The first-order valence-electron chi connectivity index (χ1n) is 6.79. The molecule has 0 spiro atoms. The lowest BCUT2D eigenvalue weighted by Crippen LogP contribution is -2.30. The Labute approximate surface area is 124 Å². The highest BCUT2D eigenvalue weighted by Crippen LogP contribution is 2.22. The summed E-state index contributed by atoms with van der Waals surface area (Å²) < 4.78 is 13.6. The molecule has 1 unspecified atom stereocenters. The molecule has 1 nitrogen and oxygen atoms in total. The van der Waals surface area contributed by atoms with E-state index < -0.39 is 0 Å². The Morgan fingerprint density at radius 2 is 1.80 bits per heavy atom. The molecule has 0 saturated carbocycles. The first-order valence-corrected chi connectivity index (χ1v) is 7.77. The third-order valence-electron chi connectivity index (χ3n) is 3.29. The molecule has 0 bridgehead atoms. The number of halogens is 1. The summed E-state index contributed by atoms with van der Waals surface area (Å²) in [5.41, 5.74) is 2.58. The van der Waals surface area contributed by atoms with Gasteiger partial charge in [0.15, 0.2) is 0 Å². The molecule has 0 amide bonds. The molecule has 0 fully saturated rings. The maximum Gasteiger partial charge on any atom is 0.136 e. The number of likely N-dealkylation sites (N-methyl/N-ethyl adjacent to an activating group) is 1. The summed E-state index contributed by atoms with van der Waals surface area (Å²) in [7, 11) is 1.96. The molecule has 1 N–H and O–H groups in total. The highest BCUT2D eigenvalue weighted by atomic mass is 32.2. The molecule has 0 aromatic heterocycles. The minimum absolute atomic E-state index is 0.136. The molecule has 3 heteroatoms. The molecule has 2 rings (SSSR count). The van der Waals surface area contributed by atoms with Crippen LogP contribution in [0.4, 0.5) is 4.39 Å². The number of nitrogens with one attached hydrogen (secondary N) is 1. The van der Waals surface area contributed by atoms with Crippen molar-refractivity contribution in [2.75, 3.05) is 12.8 Å². The van der Waals surface area contributed by atoms with Crippen molar-refractivity contribution in [1.29, 1.82) is 0 Å². The van der Waals surface area contributed by atoms with Crippen LogP contribution in [0, 0.1) is 12.7 Å². The van der Waals surface area contributed by atoms with Crippen LogP contribution < -0.4 is 5.32 Å². The largest absolute Gasteiger partial charge is 0.316 e. The lowest BCUT2D eigenvalue weighted by atomic mass is 10.1. The summed E-state index contributed by atoms with van der Waals surface area (Å²) in [5.74, 6) is 0.716. The zero-order valence-corrected chi connectivity index (χ0v) is 12.7. The van der Waals surface area contributed by atoms with Crippen molar-refractivity contribution < 1.29 is 4.39 Å². The van der Waals surface area contributed by atoms with E-state index in [2.05, 4.69) is 36.5 Å². The molecule has 0 heterocycles. The Balaban J connectivity index is 1.92. The maximum absolute atomic E-state index is 13.6. The number of hydrogen-bond donors (Lipinski definition) is 1. The summed E-state index contributed by atoms with van der Waals surface area (Å²) in [5, 5.41) is 3.31. The molecule has 0 aliphatic carbocycles. The van der Waals surface area contributed by atoms with Gasteiger partial charge in [-0.3, -0.25) is 0 Å². The number of thioether (sulfide) groups is 1. The Hall–Kier alpha value is -1.32. The third-order valence-corrected chi connectivity index (χ3v) is 4.50. The summed E-state index contributed by atoms with van der Waals surface area (Å²) in [6.45, 7) is 2.09. The second kappa shape index (κ2) is 7.46. The number of benzene rings is 2. The lowest BCUT2D eigenvalue weighted by molar-refractivity contribution is 0.598. The average Bonchev–Trinajstić information content (AvgIpc) is 2.47. The molecular weight excluding hydrogens is 269 g/mol. The van der Waals surface area contributed by atoms with Gasteiger partial charge < -0.3 is 5.32 Å². The average molecular weight is 289 g/mol. The maximum atomic E-state index is 13.6. The lowest BCUT2D eigenvalue weighted by Gasteiger charge is -2.16. The minimum atomic E-state index is -0.136. The van der Waals surface area contributed by atoms with E-state index in [1.807, 2.05) is 19.2 Å². The Kier molecular flexibility index (Phi) is 5.62. The van der Waals surface area contributed by atoms with Crippen molar-refractivity contribution in [1.82, 2.24) is 5.32 Å². The van der Waals surface area contributed by atoms with Gasteiger partial charge in [-0.05, 0) is 38.1 Å². The second-order valence-electron chi connectivity index (χ2n) is 4.92. The van der Waals surface area contributed by atoms with Crippen LogP contribution in [-0.4, -0.2) is 18.8 Å². The van der Waals surface area contributed by atoms with E-state index in [0.717, 1.165) is 17.1 Å². The van der Waals surface area contributed by atoms with Crippen LogP contribution in [0.15, 0.2) is 53.4 Å². The van der Waals surface area contributed by atoms with Crippen LogP contribution in [0.2, 0.25) is 0 Å². The van der Waals surface area contributed by atoms with E-state index in [4.69, 9.17) is 0 Å². The molecule has 0 saturated heterocycles. The van der Waals surface area contributed by atoms with Crippen molar-refractivity contribution >= 4 is 11.8 Å². The molecule has 106 valence electrons. The smallest absolute Gasteiger partial charge is 0.136 e. The van der Waals surface area contributed by atoms with Crippen molar-refractivity contribution in [2.45, 2.75) is 24.3 Å². The molecule has 0 aliphatic heterocycles. The normalized spacial score (nSPS) is 12.3. The molecule has 2 aromatic carbocycles. The van der Waals surface area contributed by atoms with Gasteiger partial charge in [0.05, 0.1) is 0 Å². The van der Waals surface area contributed by atoms with Crippen molar-refractivity contribution in [3.05, 3.63) is 65.5 Å². The minimum Gasteiger partial charge on any atom is -0.316 e. The topological polar surface area (TPSA) is 12.0 Å². The van der Waals surface area contributed by atoms with E-state index in [-0.39, 0.29) is 5.82 Å². The molecule has 0 aliphatic rings. The van der Waals surface area contributed by atoms with Gasteiger partial charge in [-0.15, -0.1) is 11.8 Å². The van der Waals surface area contributed by atoms with Crippen molar-refractivity contribution in [2.24, 2.45) is 0 Å². The quantitative estimate of drug-likeness (QED) is 0.805. The van der Waals surface area contributed by atoms with Crippen LogP contribution in [0.3, 0.4) is 0 Å². The van der Waals surface area contributed by atoms with Crippen LogP contribution in [0.1, 0.15) is 11.1 Å². The Bertz CT molecular complexity index is 539. The second-order valence-corrected chi connectivity index (χ2v) is 5.98. The van der Waals surface area contributed by atoms with Crippen LogP contribution in [-0.2, 0) is 6.42 Å². The highest BCUT2D eigenvalue weighted by Gasteiger charge is 2.09. The predicted octanol–water partition coefficient (Wildman–Crippen LogP) is 4.06. The molecule has 20 heavy (non-hydrogen) atoms. The zero-order chi connectivity index (χ0) is 14.4. The standard InChI is InChI=1S/C17H20FNS/c1-13-7-9-14(10-8-13)11-15(19-2)12-20-17-6-4-3-5-16(17)18/h3-10,15,19H,11-12H2,1-2H3. The first-order chi connectivity index (χ1) is 9.69. The van der Waals surface area contributed by atoms with E-state index in [1.165, 1.54) is 17.2 Å². The summed E-state index contributed by atoms with van der Waals surface area (Å²) in [4.78, 5) is 0.719. The fraction of sp³-hybridized carbons (Fsp3) is 0.294. The molecule has 2 aromatic rings. The van der Waals surface area contributed by atoms with Crippen molar-refractivity contribution in [3.8, 4) is 0 Å². The van der Waals surface area contributed by atoms with E-state index >= 15 is 0 Å². The molecule has 1 atom stereocenters. The summed E-state index contributed by atoms with van der Waals surface area (Å²) in [6, 6.07) is 15.9. The SMILES string of the molecule is CNC(CSc1ccccc1F)Cc1ccc(C)cc1. The van der Waals surface area contributed by atoms with Crippen molar-refractivity contribution in [3.63, 3.8) is 0 Å². The fourth-order valence-corrected chi connectivity index (χ4v) is 3.05. The van der Waals surface area contributed by atoms with Gasteiger partial charge >= 0.3 is 0 Å². The van der Waals surface area contributed by atoms with Gasteiger partial charge in [0.25, 0.3) is 0 Å². The Morgan fingerprint density at radius 1 is 1.10 bits per heavy atom. The number of rotatable bonds is 6. The predicted molar refractivity (Wildman–Crippen MR) is 84.9 cm³/mol. The van der Waals surface area contributed by atoms with E-state index in [1.54, 1.807) is 17.8 Å². The van der Waals surface area contributed by atoms with Gasteiger partial charge in [0, 0.05) is 16.7 Å². The van der Waals surface area contributed by atoms with Crippen LogP contribution >= 0.6 is 11.8 Å². The molecule has 0 radical (unpaired) electrons. The fourth-order valence-electron chi connectivity index (χ4n) is 2.01. The van der Waals surface area contributed by atoms with Gasteiger partial charge in [-0.2, -0.15) is 0 Å². The van der Waals surface area contributed by atoms with E-state index in [0.29, 0.717) is 6.04 Å². The number of hydrogen-bond acceptors (Lipinski definition) is 2. The third kappa shape index (κ3) is 4.36. The number of aryl methyl sites for hydroxylation is 1. The Morgan fingerprint density at radius 3 is 2.45 bits per heavy atom. The van der Waals surface area contributed by atoms with Crippen LogP contribution in [0.25, 0.3) is 0 Å². The van der Waals surface area contributed by atoms with Gasteiger partial charge in [0.1, 0.15) is 5.82 Å². The van der Waals surface area contributed by atoms with E-state index in [9.17, 15) is 4.39 Å². The summed E-state index contributed by atoms with van der Waals surface area (Å²) >= 11 is 1.56. The summed E-state index contributed by atoms with van der Waals surface area (Å²) in [6.07, 6.45) is 0.957. The van der Waals surface area contributed by atoms with Gasteiger partial charge in [-0.25, -0.2) is 4.39 Å². The zero-order valence-electron chi connectivity index (χ0n) is 11.9. The van der Waals surface area contributed by atoms with Gasteiger partial charge in [0.2, 0.25) is 0 Å². The monoisotopic (exact) mass is 289 g/mol. The highest BCUT2D eigenvalue weighted by molar-refractivity contribution is 7.99. The first kappa shape index (κ1) is 15.1.